The number of alkyl halides is 1. The van der Waals surface area contributed by atoms with Gasteiger partial charge in [0.1, 0.15) is 11.6 Å². The minimum absolute atomic E-state index is 0.0393. The minimum Gasteiger partial charge on any atom is -0.306 e. The van der Waals surface area contributed by atoms with E-state index in [-0.39, 0.29) is 5.54 Å². The highest BCUT2D eigenvalue weighted by atomic mass is 35.5. The molecule has 0 atom stereocenters. The summed E-state index contributed by atoms with van der Waals surface area (Å²) in [6, 6.07) is 3.65. The number of hydrogen-bond acceptors (Lipinski definition) is 1. The van der Waals surface area contributed by atoms with E-state index in [1.54, 1.807) is 0 Å². The molecule has 0 aliphatic heterocycles. The number of rotatable bonds is 4. The summed E-state index contributed by atoms with van der Waals surface area (Å²) in [4.78, 5) is 0. The van der Waals surface area contributed by atoms with Crippen LogP contribution in [0.2, 0.25) is 0 Å². The zero-order valence-corrected chi connectivity index (χ0v) is 9.66. The first-order valence-electron chi connectivity index (χ1n) is 5.40. The molecule has 88 valence electrons. The van der Waals surface area contributed by atoms with Gasteiger partial charge in [0.2, 0.25) is 0 Å². The third-order valence-electron chi connectivity index (χ3n) is 3.24. The third-order valence-corrected chi connectivity index (χ3v) is 3.75. The smallest absolute Gasteiger partial charge is 0.130 e. The fraction of sp³-hybridized carbons (Fsp3) is 0.500. The molecule has 1 N–H and O–H groups in total. The van der Waals surface area contributed by atoms with E-state index in [9.17, 15) is 8.78 Å². The zero-order valence-electron chi connectivity index (χ0n) is 8.90. The van der Waals surface area contributed by atoms with Gasteiger partial charge >= 0.3 is 0 Å². The fourth-order valence-electron chi connectivity index (χ4n) is 1.91. The lowest BCUT2D eigenvalue weighted by atomic mass is 9.78. The van der Waals surface area contributed by atoms with Gasteiger partial charge in [-0.3, -0.25) is 0 Å². The Balaban J connectivity index is 1.99. The largest absolute Gasteiger partial charge is 0.306 e. The van der Waals surface area contributed by atoms with Crippen LogP contribution in [0.3, 0.4) is 0 Å². The van der Waals surface area contributed by atoms with Crippen molar-refractivity contribution in [2.45, 2.75) is 31.3 Å². The highest BCUT2D eigenvalue weighted by Crippen LogP contribution is 2.33. The van der Waals surface area contributed by atoms with Gasteiger partial charge in [-0.2, -0.15) is 0 Å². The predicted octanol–water partition coefficient (Wildman–Crippen LogP) is 3.22. The van der Waals surface area contributed by atoms with Crippen molar-refractivity contribution in [1.29, 1.82) is 0 Å². The van der Waals surface area contributed by atoms with Crippen LogP contribution in [-0.4, -0.2) is 11.4 Å². The Morgan fingerprint density at radius 1 is 1.31 bits per heavy atom. The Labute approximate surface area is 98.8 Å². The molecule has 0 saturated heterocycles. The second-order valence-corrected chi connectivity index (χ2v) is 4.62. The Hall–Kier alpha value is -0.670. The average Bonchev–Trinajstić information content (AvgIpc) is 2.19. The molecule has 1 aliphatic carbocycles. The quantitative estimate of drug-likeness (QED) is 0.804. The van der Waals surface area contributed by atoms with E-state index in [4.69, 9.17) is 11.6 Å². The second-order valence-electron chi connectivity index (χ2n) is 4.36. The molecule has 0 amide bonds. The van der Waals surface area contributed by atoms with Gasteiger partial charge in [-0.25, -0.2) is 8.78 Å². The summed E-state index contributed by atoms with van der Waals surface area (Å²) in [5.74, 6) is -0.510. The monoisotopic (exact) mass is 245 g/mol. The van der Waals surface area contributed by atoms with Gasteiger partial charge in [-0.05, 0) is 25.3 Å². The molecule has 0 radical (unpaired) electrons. The van der Waals surface area contributed by atoms with Crippen molar-refractivity contribution in [3.05, 3.63) is 35.4 Å². The van der Waals surface area contributed by atoms with Crippen LogP contribution in [0.5, 0.6) is 0 Å². The molecule has 0 heterocycles. The summed E-state index contributed by atoms with van der Waals surface area (Å²) < 4.78 is 26.0. The molecule has 0 unspecified atom stereocenters. The van der Waals surface area contributed by atoms with E-state index in [2.05, 4.69) is 5.32 Å². The zero-order chi connectivity index (χ0) is 11.6. The summed E-state index contributed by atoms with van der Waals surface area (Å²) in [6.07, 6.45) is 3.21. The van der Waals surface area contributed by atoms with Crippen molar-refractivity contribution in [1.82, 2.24) is 5.32 Å². The predicted molar refractivity (Wildman–Crippen MR) is 60.5 cm³/mol. The molecule has 2 rings (SSSR count). The summed E-state index contributed by atoms with van der Waals surface area (Å²) in [5.41, 5.74) is 0.445. The molecule has 0 aromatic heterocycles. The van der Waals surface area contributed by atoms with E-state index in [0.717, 1.165) is 25.3 Å². The van der Waals surface area contributed by atoms with Crippen molar-refractivity contribution in [3.8, 4) is 0 Å². The Kier molecular flexibility index (Phi) is 3.45. The van der Waals surface area contributed by atoms with Crippen LogP contribution < -0.4 is 5.32 Å². The summed E-state index contributed by atoms with van der Waals surface area (Å²) in [6.45, 7) is 0.402. The lowest BCUT2D eigenvalue weighted by Gasteiger charge is -2.41. The minimum atomic E-state index is -0.544. The van der Waals surface area contributed by atoms with Crippen molar-refractivity contribution < 1.29 is 8.78 Å². The summed E-state index contributed by atoms with van der Waals surface area (Å²) >= 11 is 5.88. The maximum Gasteiger partial charge on any atom is 0.130 e. The molecular formula is C12H14ClF2N. The van der Waals surface area contributed by atoms with Crippen LogP contribution in [0, 0.1) is 11.6 Å². The number of hydrogen-bond donors (Lipinski definition) is 1. The number of benzene rings is 1. The lowest BCUT2D eigenvalue weighted by Crippen LogP contribution is -2.52. The van der Waals surface area contributed by atoms with E-state index >= 15 is 0 Å². The molecule has 1 aromatic rings. The van der Waals surface area contributed by atoms with Crippen LogP contribution in [0.15, 0.2) is 18.2 Å². The molecule has 16 heavy (non-hydrogen) atoms. The van der Waals surface area contributed by atoms with Crippen molar-refractivity contribution in [2.75, 3.05) is 5.88 Å². The number of nitrogens with one attached hydrogen (secondary N) is 1. The first-order chi connectivity index (χ1) is 7.65. The molecule has 0 spiro atoms. The van der Waals surface area contributed by atoms with E-state index in [0.29, 0.717) is 18.0 Å². The van der Waals surface area contributed by atoms with Crippen LogP contribution in [0.1, 0.15) is 24.8 Å². The molecular weight excluding hydrogens is 232 g/mol. The van der Waals surface area contributed by atoms with Gasteiger partial charge < -0.3 is 5.32 Å². The standard InChI is InChI=1S/C12H14ClF2N/c13-8-12(4-1-5-12)16-7-9-2-3-10(14)6-11(9)15/h2-3,6,16H,1,4-5,7-8H2. The van der Waals surface area contributed by atoms with E-state index in [1.165, 1.54) is 12.1 Å². The molecule has 1 nitrogen and oxygen atoms in total. The fourth-order valence-corrected chi connectivity index (χ4v) is 2.27. The van der Waals surface area contributed by atoms with Crippen molar-refractivity contribution in [3.63, 3.8) is 0 Å². The van der Waals surface area contributed by atoms with Crippen LogP contribution in [-0.2, 0) is 6.54 Å². The van der Waals surface area contributed by atoms with Gasteiger partial charge in [0.15, 0.2) is 0 Å². The Morgan fingerprint density at radius 3 is 2.56 bits per heavy atom. The lowest BCUT2D eigenvalue weighted by molar-refractivity contribution is 0.210. The van der Waals surface area contributed by atoms with Crippen LogP contribution in [0.25, 0.3) is 0 Å². The van der Waals surface area contributed by atoms with Gasteiger partial charge in [0.25, 0.3) is 0 Å². The summed E-state index contributed by atoms with van der Waals surface area (Å²) in [5, 5.41) is 3.26. The maximum absolute atomic E-state index is 13.3. The molecule has 4 heteroatoms. The molecule has 1 aromatic carbocycles. The molecule has 1 fully saturated rings. The van der Waals surface area contributed by atoms with E-state index < -0.39 is 11.6 Å². The van der Waals surface area contributed by atoms with Gasteiger partial charge in [0, 0.05) is 29.6 Å². The topological polar surface area (TPSA) is 12.0 Å². The van der Waals surface area contributed by atoms with E-state index in [1.807, 2.05) is 0 Å². The average molecular weight is 246 g/mol. The first kappa shape index (κ1) is 11.8. The normalized spacial score (nSPS) is 18.2. The SMILES string of the molecule is Fc1ccc(CNC2(CCl)CCC2)c(F)c1. The van der Waals surface area contributed by atoms with Gasteiger partial charge in [-0.15, -0.1) is 11.6 Å². The first-order valence-corrected chi connectivity index (χ1v) is 5.94. The molecule has 0 bridgehead atoms. The number of halogens is 3. The molecule has 1 aliphatic rings. The van der Waals surface area contributed by atoms with Crippen molar-refractivity contribution in [2.24, 2.45) is 0 Å². The van der Waals surface area contributed by atoms with Crippen LogP contribution >= 0.6 is 11.6 Å². The summed E-state index contributed by atoms with van der Waals surface area (Å²) in [7, 11) is 0. The third kappa shape index (κ3) is 2.36. The second kappa shape index (κ2) is 4.68. The van der Waals surface area contributed by atoms with Gasteiger partial charge in [0.05, 0.1) is 0 Å². The van der Waals surface area contributed by atoms with Gasteiger partial charge in [-0.1, -0.05) is 6.07 Å². The highest BCUT2D eigenvalue weighted by molar-refractivity contribution is 6.18. The highest BCUT2D eigenvalue weighted by Gasteiger charge is 2.35. The Morgan fingerprint density at radius 2 is 2.06 bits per heavy atom. The maximum atomic E-state index is 13.3. The Bertz CT molecular complexity index is 372. The van der Waals surface area contributed by atoms with Crippen molar-refractivity contribution >= 4 is 11.6 Å². The molecule has 1 saturated carbocycles. The van der Waals surface area contributed by atoms with Crippen LogP contribution in [0.4, 0.5) is 8.78 Å².